The molecule has 0 spiro atoms. The first-order valence-corrected chi connectivity index (χ1v) is 6.11. The van der Waals surface area contributed by atoms with Crippen molar-refractivity contribution in [3.05, 3.63) is 0 Å². The van der Waals surface area contributed by atoms with Crippen molar-refractivity contribution in [2.24, 2.45) is 0 Å². The van der Waals surface area contributed by atoms with E-state index in [0.29, 0.717) is 6.54 Å². The topological polar surface area (TPSA) is 67.8 Å². The van der Waals surface area contributed by atoms with Crippen LogP contribution in [0.1, 0.15) is 13.3 Å². The predicted octanol–water partition coefficient (Wildman–Crippen LogP) is -1.14. The van der Waals surface area contributed by atoms with Crippen LogP contribution in [0, 0.1) is 0 Å². The van der Waals surface area contributed by atoms with Crippen LogP contribution in [-0.4, -0.2) is 74.1 Å². The lowest BCUT2D eigenvalue weighted by Gasteiger charge is -2.21. The smallest absolute Gasteiger partial charge is 0.0894 e. The SMILES string of the molecule is CCCN(CCNC)CCNCC(O)CO. The molecule has 16 heavy (non-hydrogen) atoms. The fourth-order valence-corrected chi connectivity index (χ4v) is 1.49. The summed E-state index contributed by atoms with van der Waals surface area (Å²) in [5, 5.41) is 24.0. The lowest BCUT2D eigenvalue weighted by atomic mass is 10.3. The second-order valence-corrected chi connectivity index (χ2v) is 3.99. The Morgan fingerprint density at radius 3 is 2.44 bits per heavy atom. The van der Waals surface area contributed by atoms with Crippen LogP contribution in [0.25, 0.3) is 0 Å². The van der Waals surface area contributed by atoms with Crippen molar-refractivity contribution in [1.82, 2.24) is 15.5 Å². The van der Waals surface area contributed by atoms with Crippen LogP contribution in [0.15, 0.2) is 0 Å². The minimum Gasteiger partial charge on any atom is -0.394 e. The van der Waals surface area contributed by atoms with E-state index in [1.54, 1.807) is 0 Å². The summed E-state index contributed by atoms with van der Waals surface area (Å²) in [5.41, 5.74) is 0. The highest BCUT2D eigenvalue weighted by atomic mass is 16.3. The Morgan fingerprint density at radius 1 is 1.19 bits per heavy atom. The summed E-state index contributed by atoms with van der Waals surface area (Å²) in [6, 6.07) is 0. The fourth-order valence-electron chi connectivity index (χ4n) is 1.49. The van der Waals surface area contributed by atoms with Gasteiger partial charge in [-0.2, -0.15) is 0 Å². The Bertz CT molecular complexity index is 147. The third-order valence-corrected chi connectivity index (χ3v) is 2.41. The van der Waals surface area contributed by atoms with Gasteiger partial charge in [-0.15, -0.1) is 0 Å². The molecule has 0 aliphatic rings. The van der Waals surface area contributed by atoms with Gasteiger partial charge in [-0.25, -0.2) is 0 Å². The van der Waals surface area contributed by atoms with Gasteiger partial charge in [0.25, 0.3) is 0 Å². The molecule has 0 aromatic carbocycles. The molecule has 4 N–H and O–H groups in total. The molecule has 1 unspecified atom stereocenters. The van der Waals surface area contributed by atoms with Crippen molar-refractivity contribution in [1.29, 1.82) is 0 Å². The summed E-state index contributed by atoms with van der Waals surface area (Å²) in [6.07, 6.45) is 0.514. The zero-order valence-electron chi connectivity index (χ0n) is 10.6. The number of rotatable bonds is 11. The highest BCUT2D eigenvalue weighted by Crippen LogP contribution is 1.89. The van der Waals surface area contributed by atoms with E-state index in [1.165, 1.54) is 0 Å². The second kappa shape index (κ2) is 11.3. The van der Waals surface area contributed by atoms with E-state index >= 15 is 0 Å². The molecular formula is C11H27N3O2. The number of hydrogen-bond acceptors (Lipinski definition) is 5. The number of hydrogen-bond donors (Lipinski definition) is 4. The van der Waals surface area contributed by atoms with Crippen molar-refractivity contribution in [2.75, 3.05) is 52.9 Å². The number of nitrogens with zero attached hydrogens (tertiary/aromatic N) is 1. The third kappa shape index (κ3) is 9.06. The van der Waals surface area contributed by atoms with Crippen LogP contribution in [0.4, 0.5) is 0 Å². The summed E-state index contributed by atoms with van der Waals surface area (Å²) in [7, 11) is 1.96. The van der Waals surface area contributed by atoms with E-state index in [1.807, 2.05) is 7.05 Å². The first-order valence-electron chi connectivity index (χ1n) is 6.11. The molecule has 1 atom stereocenters. The Labute approximate surface area is 98.8 Å². The normalized spacial score (nSPS) is 13.3. The quantitative estimate of drug-likeness (QED) is 0.340. The third-order valence-electron chi connectivity index (χ3n) is 2.41. The van der Waals surface area contributed by atoms with Gasteiger partial charge in [0, 0.05) is 32.7 Å². The van der Waals surface area contributed by atoms with Gasteiger partial charge in [-0.3, -0.25) is 0 Å². The van der Waals surface area contributed by atoms with Gasteiger partial charge in [0.15, 0.2) is 0 Å². The molecule has 0 saturated heterocycles. The lowest BCUT2D eigenvalue weighted by molar-refractivity contribution is 0.0938. The molecule has 0 rings (SSSR count). The van der Waals surface area contributed by atoms with E-state index in [-0.39, 0.29) is 6.61 Å². The zero-order valence-corrected chi connectivity index (χ0v) is 10.6. The molecule has 0 aromatic heterocycles. The Balaban J connectivity index is 3.50. The monoisotopic (exact) mass is 233 g/mol. The highest BCUT2D eigenvalue weighted by molar-refractivity contribution is 4.62. The van der Waals surface area contributed by atoms with Gasteiger partial charge in [0.1, 0.15) is 0 Å². The summed E-state index contributed by atoms with van der Waals surface area (Å²) in [4.78, 5) is 2.38. The molecule has 0 aromatic rings. The molecule has 98 valence electrons. The Kier molecular flexibility index (Phi) is 11.1. The number of aliphatic hydroxyl groups excluding tert-OH is 2. The van der Waals surface area contributed by atoms with Crippen molar-refractivity contribution in [2.45, 2.75) is 19.4 Å². The van der Waals surface area contributed by atoms with Crippen LogP contribution in [-0.2, 0) is 0 Å². The van der Waals surface area contributed by atoms with Gasteiger partial charge in [0.2, 0.25) is 0 Å². The molecule has 0 bridgehead atoms. The van der Waals surface area contributed by atoms with Crippen molar-refractivity contribution in [3.8, 4) is 0 Å². The van der Waals surface area contributed by atoms with Gasteiger partial charge < -0.3 is 25.7 Å². The van der Waals surface area contributed by atoms with Gasteiger partial charge >= 0.3 is 0 Å². The summed E-state index contributed by atoms with van der Waals surface area (Å²) < 4.78 is 0. The fraction of sp³-hybridized carbons (Fsp3) is 1.00. The first kappa shape index (κ1) is 15.8. The first-order chi connectivity index (χ1) is 7.74. The van der Waals surface area contributed by atoms with E-state index in [2.05, 4.69) is 22.5 Å². The maximum atomic E-state index is 9.13. The van der Waals surface area contributed by atoms with Crippen molar-refractivity contribution >= 4 is 0 Å². The lowest BCUT2D eigenvalue weighted by Crippen LogP contribution is -2.39. The van der Waals surface area contributed by atoms with Crippen LogP contribution in [0.2, 0.25) is 0 Å². The largest absolute Gasteiger partial charge is 0.394 e. The summed E-state index contributed by atoms with van der Waals surface area (Å²) in [6.45, 7) is 7.44. The molecule has 5 heteroatoms. The maximum Gasteiger partial charge on any atom is 0.0894 e. The molecule has 0 aliphatic carbocycles. The van der Waals surface area contributed by atoms with Gasteiger partial charge in [-0.05, 0) is 20.0 Å². The average molecular weight is 233 g/mol. The minimum atomic E-state index is -0.642. The Hall–Kier alpha value is -0.200. The molecule has 0 heterocycles. The predicted molar refractivity (Wildman–Crippen MR) is 66.6 cm³/mol. The Morgan fingerprint density at radius 2 is 1.88 bits per heavy atom. The molecule has 5 nitrogen and oxygen atoms in total. The van der Waals surface area contributed by atoms with Gasteiger partial charge in [-0.1, -0.05) is 6.92 Å². The molecule has 0 fully saturated rings. The van der Waals surface area contributed by atoms with Crippen molar-refractivity contribution in [3.63, 3.8) is 0 Å². The van der Waals surface area contributed by atoms with Crippen LogP contribution in [0.5, 0.6) is 0 Å². The van der Waals surface area contributed by atoms with Crippen LogP contribution in [0.3, 0.4) is 0 Å². The van der Waals surface area contributed by atoms with Gasteiger partial charge in [0.05, 0.1) is 12.7 Å². The van der Waals surface area contributed by atoms with Crippen LogP contribution >= 0.6 is 0 Å². The number of nitrogens with one attached hydrogen (secondary N) is 2. The maximum absolute atomic E-state index is 9.13. The molecule has 0 amide bonds. The highest BCUT2D eigenvalue weighted by Gasteiger charge is 2.04. The summed E-state index contributed by atoms with van der Waals surface area (Å²) >= 11 is 0. The average Bonchev–Trinajstić information content (AvgIpc) is 2.30. The van der Waals surface area contributed by atoms with Crippen LogP contribution < -0.4 is 10.6 Å². The van der Waals surface area contributed by atoms with E-state index in [0.717, 1.165) is 39.1 Å². The molecule has 0 aliphatic heterocycles. The van der Waals surface area contributed by atoms with E-state index in [4.69, 9.17) is 10.2 Å². The van der Waals surface area contributed by atoms with E-state index in [9.17, 15) is 0 Å². The zero-order chi connectivity index (χ0) is 12.2. The molecular weight excluding hydrogens is 206 g/mol. The second-order valence-electron chi connectivity index (χ2n) is 3.99. The standard InChI is InChI=1S/C11H27N3O2/c1-3-6-14(7-4-12-2)8-5-13-9-11(16)10-15/h11-13,15-16H,3-10H2,1-2H3. The number of aliphatic hydroxyl groups is 2. The molecule has 0 saturated carbocycles. The molecule has 0 radical (unpaired) electrons. The summed E-state index contributed by atoms with van der Waals surface area (Å²) in [5.74, 6) is 0. The van der Waals surface area contributed by atoms with E-state index < -0.39 is 6.10 Å². The van der Waals surface area contributed by atoms with Crippen molar-refractivity contribution < 1.29 is 10.2 Å². The minimum absolute atomic E-state index is 0.175. The number of likely N-dealkylation sites (N-methyl/N-ethyl adjacent to an activating group) is 1.